The average Bonchev–Trinajstić information content (AvgIpc) is 2.84. The van der Waals surface area contributed by atoms with Crippen molar-refractivity contribution in [2.75, 3.05) is 5.32 Å². The van der Waals surface area contributed by atoms with Crippen molar-refractivity contribution in [3.8, 4) is 11.1 Å². The van der Waals surface area contributed by atoms with Gasteiger partial charge in [-0.1, -0.05) is 88.7 Å². The molecule has 0 heterocycles. The quantitative estimate of drug-likeness (QED) is 0.130. The Bertz CT molecular complexity index is 1280. The smallest absolute Gasteiger partial charge is 0.255 e. The summed E-state index contributed by atoms with van der Waals surface area (Å²) in [7, 11) is 0. The van der Waals surface area contributed by atoms with Gasteiger partial charge in [0.2, 0.25) is 0 Å². The van der Waals surface area contributed by atoms with Crippen LogP contribution >= 0.6 is 15.9 Å². The van der Waals surface area contributed by atoms with E-state index in [-0.39, 0.29) is 11.7 Å². The summed E-state index contributed by atoms with van der Waals surface area (Å²) in [4.78, 5) is 13.0. The van der Waals surface area contributed by atoms with Crippen molar-refractivity contribution in [1.29, 1.82) is 5.41 Å². The number of nitrogens with zero attached hydrogens (tertiary/aromatic N) is 1. The first-order chi connectivity index (χ1) is 16.0. The SMILES string of the molecule is N=C(c1ccc(-c2ccccc2)cc1NC(=O)c1cccc(Br)c1)N(N)Cc1ccccc1. The number of rotatable bonds is 6. The molecule has 1 amide bonds. The van der Waals surface area contributed by atoms with Gasteiger partial charge >= 0.3 is 0 Å². The average molecular weight is 499 g/mol. The number of amidine groups is 1. The molecule has 0 saturated heterocycles. The van der Waals surface area contributed by atoms with Crippen molar-refractivity contribution in [3.63, 3.8) is 0 Å². The van der Waals surface area contributed by atoms with E-state index >= 15 is 0 Å². The van der Waals surface area contributed by atoms with Gasteiger partial charge in [0.1, 0.15) is 5.84 Å². The first-order valence-electron chi connectivity index (χ1n) is 10.4. The van der Waals surface area contributed by atoms with Crippen LogP contribution in [0.3, 0.4) is 0 Å². The number of carbonyl (C=O) groups excluding carboxylic acids is 1. The Kier molecular flexibility index (Phi) is 6.98. The summed E-state index contributed by atoms with van der Waals surface area (Å²) in [5.41, 5.74) is 4.52. The predicted molar refractivity (Wildman–Crippen MR) is 137 cm³/mol. The zero-order valence-electron chi connectivity index (χ0n) is 17.8. The molecule has 6 heteroatoms. The fourth-order valence-corrected chi connectivity index (χ4v) is 3.90. The standard InChI is InChI=1S/C27H23BrN4O/c28-23-13-7-12-22(16-23)27(33)31-25-17-21(20-10-5-2-6-11-20)14-15-24(25)26(29)32(30)18-19-8-3-1-4-9-19/h1-17,29H,18,30H2,(H,31,33). The number of hydrogen-bond acceptors (Lipinski definition) is 3. The normalized spacial score (nSPS) is 10.5. The number of hydrazine groups is 1. The maximum atomic E-state index is 13.0. The number of carbonyl (C=O) groups is 1. The van der Waals surface area contributed by atoms with E-state index < -0.39 is 0 Å². The zero-order valence-corrected chi connectivity index (χ0v) is 19.4. The van der Waals surface area contributed by atoms with Crippen LogP contribution in [0.5, 0.6) is 0 Å². The predicted octanol–water partition coefficient (Wildman–Crippen LogP) is 6.07. The summed E-state index contributed by atoms with van der Waals surface area (Å²) in [6.45, 7) is 0.374. The first kappa shape index (κ1) is 22.5. The molecule has 0 unspecified atom stereocenters. The van der Waals surface area contributed by atoms with E-state index in [0.717, 1.165) is 21.2 Å². The lowest BCUT2D eigenvalue weighted by atomic mass is 10.0. The van der Waals surface area contributed by atoms with Crippen LogP contribution in [0.2, 0.25) is 0 Å². The summed E-state index contributed by atoms with van der Waals surface area (Å²) in [5, 5.41) is 13.1. The molecule has 5 nitrogen and oxygen atoms in total. The second-order valence-corrected chi connectivity index (χ2v) is 8.47. The maximum absolute atomic E-state index is 13.0. The minimum atomic E-state index is -0.262. The topological polar surface area (TPSA) is 82.2 Å². The van der Waals surface area contributed by atoms with Crippen molar-refractivity contribution >= 4 is 33.4 Å². The van der Waals surface area contributed by atoms with Gasteiger partial charge < -0.3 is 5.32 Å². The summed E-state index contributed by atoms with van der Waals surface area (Å²) in [5.74, 6) is 6.10. The Morgan fingerprint density at radius 2 is 1.55 bits per heavy atom. The summed E-state index contributed by atoms with van der Waals surface area (Å²) in [6.07, 6.45) is 0. The van der Waals surface area contributed by atoms with E-state index in [1.807, 2.05) is 91.0 Å². The van der Waals surface area contributed by atoms with Crippen LogP contribution in [0.25, 0.3) is 11.1 Å². The van der Waals surface area contributed by atoms with Gasteiger partial charge in [-0.15, -0.1) is 0 Å². The lowest BCUT2D eigenvalue weighted by Gasteiger charge is -2.22. The van der Waals surface area contributed by atoms with Gasteiger partial charge in [0, 0.05) is 15.6 Å². The van der Waals surface area contributed by atoms with E-state index in [4.69, 9.17) is 11.3 Å². The van der Waals surface area contributed by atoms with Crippen molar-refractivity contribution in [3.05, 3.63) is 124 Å². The highest BCUT2D eigenvalue weighted by Gasteiger charge is 2.17. The second-order valence-electron chi connectivity index (χ2n) is 7.55. The highest BCUT2D eigenvalue weighted by atomic mass is 79.9. The van der Waals surface area contributed by atoms with Crippen LogP contribution < -0.4 is 11.2 Å². The number of nitrogens with two attached hydrogens (primary N) is 1. The largest absolute Gasteiger partial charge is 0.321 e. The molecule has 0 bridgehead atoms. The Labute approximate surface area is 201 Å². The van der Waals surface area contributed by atoms with Crippen LogP contribution in [0, 0.1) is 5.41 Å². The molecule has 4 N–H and O–H groups in total. The molecular formula is C27H23BrN4O. The Morgan fingerprint density at radius 1 is 0.848 bits per heavy atom. The molecule has 0 saturated carbocycles. The highest BCUT2D eigenvalue weighted by molar-refractivity contribution is 9.10. The Morgan fingerprint density at radius 3 is 2.24 bits per heavy atom. The summed E-state index contributed by atoms with van der Waals surface area (Å²) in [6, 6.07) is 32.4. The molecule has 0 radical (unpaired) electrons. The maximum Gasteiger partial charge on any atom is 0.255 e. The van der Waals surface area contributed by atoms with Crippen LogP contribution in [0.1, 0.15) is 21.5 Å². The summed E-state index contributed by atoms with van der Waals surface area (Å²) < 4.78 is 0.817. The number of amides is 1. The van der Waals surface area contributed by atoms with Crippen LogP contribution in [0.15, 0.2) is 108 Å². The second kappa shape index (κ2) is 10.3. The van der Waals surface area contributed by atoms with E-state index in [9.17, 15) is 4.79 Å². The van der Waals surface area contributed by atoms with Crippen molar-refractivity contribution in [2.45, 2.75) is 6.54 Å². The minimum absolute atomic E-state index is 0.114. The summed E-state index contributed by atoms with van der Waals surface area (Å²) >= 11 is 3.41. The van der Waals surface area contributed by atoms with Gasteiger partial charge in [-0.3, -0.25) is 15.2 Å². The molecule has 0 spiro atoms. The third-order valence-corrected chi connectivity index (χ3v) is 5.69. The van der Waals surface area contributed by atoms with E-state index in [1.54, 1.807) is 12.1 Å². The van der Waals surface area contributed by atoms with Crippen molar-refractivity contribution < 1.29 is 4.79 Å². The van der Waals surface area contributed by atoms with E-state index in [1.165, 1.54) is 5.01 Å². The van der Waals surface area contributed by atoms with E-state index in [2.05, 4.69) is 21.2 Å². The fourth-order valence-electron chi connectivity index (χ4n) is 3.50. The molecular weight excluding hydrogens is 476 g/mol. The van der Waals surface area contributed by atoms with Gasteiger partial charge in [0.25, 0.3) is 5.91 Å². The minimum Gasteiger partial charge on any atom is -0.321 e. The third kappa shape index (κ3) is 5.55. The number of anilines is 1. The molecule has 164 valence electrons. The molecule has 0 aliphatic rings. The van der Waals surface area contributed by atoms with Gasteiger partial charge in [0.15, 0.2) is 0 Å². The zero-order chi connectivity index (χ0) is 23.2. The molecule has 0 aromatic heterocycles. The Hall–Kier alpha value is -3.74. The van der Waals surface area contributed by atoms with Crippen LogP contribution in [0.4, 0.5) is 5.69 Å². The first-order valence-corrected chi connectivity index (χ1v) is 11.2. The van der Waals surface area contributed by atoms with E-state index in [0.29, 0.717) is 23.4 Å². The molecule has 0 aliphatic carbocycles. The van der Waals surface area contributed by atoms with Gasteiger partial charge in [0.05, 0.1) is 12.2 Å². The van der Waals surface area contributed by atoms with Crippen LogP contribution in [-0.2, 0) is 6.54 Å². The third-order valence-electron chi connectivity index (χ3n) is 5.20. The van der Waals surface area contributed by atoms with Gasteiger partial charge in [-0.05, 0) is 47.0 Å². The van der Waals surface area contributed by atoms with Crippen LogP contribution in [-0.4, -0.2) is 16.8 Å². The van der Waals surface area contributed by atoms with Gasteiger partial charge in [-0.2, -0.15) is 0 Å². The van der Waals surface area contributed by atoms with Crippen molar-refractivity contribution in [1.82, 2.24) is 5.01 Å². The monoisotopic (exact) mass is 498 g/mol. The molecule has 4 aromatic rings. The molecule has 4 rings (SSSR count). The molecule has 4 aromatic carbocycles. The molecule has 0 atom stereocenters. The molecule has 33 heavy (non-hydrogen) atoms. The lowest BCUT2D eigenvalue weighted by Crippen LogP contribution is -2.37. The molecule has 0 aliphatic heterocycles. The van der Waals surface area contributed by atoms with Gasteiger partial charge in [-0.25, -0.2) is 5.84 Å². The molecule has 0 fully saturated rings. The lowest BCUT2D eigenvalue weighted by molar-refractivity contribution is 0.102. The van der Waals surface area contributed by atoms with Crippen molar-refractivity contribution in [2.24, 2.45) is 5.84 Å². The fraction of sp³-hybridized carbons (Fsp3) is 0.0370. The number of nitrogens with one attached hydrogen (secondary N) is 2. The number of halogens is 1. The number of hydrogen-bond donors (Lipinski definition) is 3. The number of benzene rings is 4. The highest BCUT2D eigenvalue weighted by Crippen LogP contribution is 2.27. The Balaban J connectivity index is 1.67.